The van der Waals surface area contributed by atoms with Crippen molar-refractivity contribution in [2.75, 3.05) is 39.3 Å². The molecule has 5 heteroatoms. The summed E-state index contributed by atoms with van der Waals surface area (Å²) in [6.07, 6.45) is 3.32. The van der Waals surface area contributed by atoms with Gasteiger partial charge in [-0.3, -0.25) is 14.6 Å². The van der Waals surface area contributed by atoms with E-state index in [-0.39, 0.29) is 12.4 Å². The minimum absolute atomic E-state index is 0.123. The number of rotatable bonds is 7. The van der Waals surface area contributed by atoms with Crippen molar-refractivity contribution in [2.24, 2.45) is 0 Å². The fourth-order valence-electron chi connectivity index (χ4n) is 4.84. The minimum Gasteiger partial charge on any atom is -0.396 e. The molecule has 3 rings (SSSR count). The fraction of sp³-hybridized carbons (Fsp3) is 0.696. The molecule has 2 heterocycles. The minimum atomic E-state index is 0.123. The van der Waals surface area contributed by atoms with Crippen molar-refractivity contribution in [3.05, 3.63) is 35.4 Å². The van der Waals surface area contributed by atoms with Crippen LogP contribution in [0, 0.1) is 0 Å². The van der Waals surface area contributed by atoms with E-state index in [2.05, 4.69) is 34.6 Å². The summed E-state index contributed by atoms with van der Waals surface area (Å²) in [4.78, 5) is 19.4. The highest BCUT2D eigenvalue weighted by Gasteiger charge is 2.33. The number of aliphatic hydroxyl groups excluding tert-OH is 1. The molecule has 0 amide bonds. The molecule has 1 aromatic carbocycles. The van der Waals surface area contributed by atoms with Gasteiger partial charge in [-0.15, -0.1) is 0 Å². The number of piperazine rings is 1. The van der Waals surface area contributed by atoms with E-state index in [9.17, 15) is 9.90 Å². The molecule has 0 unspecified atom stereocenters. The number of hydrogen-bond donors (Lipinski definition) is 1. The molecule has 2 fully saturated rings. The topological polar surface area (TPSA) is 47.0 Å². The average molecular weight is 388 g/mol. The van der Waals surface area contributed by atoms with E-state index in [1.165, 1.54) is 31.5 Å². The van der Waals surface area contributed by atoms with Gasteiger partial charge in [0.1, 0.15) is 0 Å². The van der Waals surface area contributed by atoms with Gasteiger partial charge in [-0.2, -0.15) is 0 Å². The maximum absolute atomic E-state index is 11.7. The van der Waals surface area contributed by atoms with Gasteiger partial charge in [0.2, 0.25) is 0 Å². The third-order valence-electron chi connectivity index (χ3n) is 6.51. The molecule has 28 heavy (non-hydrogen) atoms. The van der Waals surface area contributed by atoms with Crippen LogP contribution < -0.4 is 0 Å². The third kappa shape index (κ3) is 5.41. The van der Waals surface area contributed by atoms with E-state index < -0.39 is 0 Å². The molecule has 1 aromatic rings. The van der Waals surface area contributed by atoms with Gasteiger partial charge in [-0.1, -0.05) is 18.2 Å². The first-order chi connectivity index (χ1) is 13.5. The van der Waals surface area contributed by atoms with E-state index in [1.54, 1.807) is 6.92 Å². The first kappa shape index (κ1) is 21.4. The summed E-state index contributed by atoms with van der Waals surface area (Å²) >= 11 is 0. The molecule has 0 aromatic heterocycles. The number of piperidine rings is 1. The normalized spacial score (nSPS) is 23.4. The molecule has 2 aliphatic rings. The van der Waals surface area contributed by atoms with Crippen LogP contribution in [0.4, 0.5) is 0 Å². The highest BCUT2D eigenvalue weighted by Crippen LogP contribution is 2.25. The number of ketones is 1. The van der Waals surface area contributed by atoms with Gasteiger partial charge in [0.05, 0.1) is 0 Å². The molecule has 0 aliphatic carbocycles. The van der Waals surface area contributed by atoms with E-state index >= 15 is 0 Å². The molecule has 0 spiro atoms. The van der Waals surface area contributed by atoms with Crippen LogP contribution in [-0.4, -0.2) is 83.0 Å². The largest absolute Gasteiger partial charge is 0.396 e. The van der Waals surface area contributed by atoms with Gasteiger partial charge in [-0.05, 0) is 64.8 Å². The van der Waals surface area contributed by atoms with Crippen molar-refractivity contribution >= 4 is 5.78 Å². The lowest BCUT2D eigenvalue weighted by Gasteiger charge is -2.48. The summed E-state index contributed by atoms with van der Waals surface area (Å²) in [6.45, 7) is 12.8. The number of carbonyl (C=O) groups is 1. The zero-order chi connectivity index (χ0) is 20.1. The highest BCUT2D eigenvalue weighted by atomic mass is 16.3. The first-order valence-electron chi connectivity index (χ1n) is 10.9. The van der Waals surface area contributed by atoms with Crippen LogP contribution in [0.5, 0.6) is 0 Å². The van der Waals surface area contributed by atoms with Gasteiger partial charge in [0, 0.05) is 56.5 Å². The molecular weight excluding hydrogens is 350 g/mol. The molecule has 0 bridgehead atoms. The lowest BCUT2D eigenvalue weighted by atomic mass is 9.97. The van der Waals surface area contributed by atoms with Crippen LogP contribution in [-0.2, 0) is 6.54 Å². The SMILES string of the molecule is CC(=O)c1cccc(CN2CCN(C3CCN(C(C)C)CC3)[C@H](CCO)C2)c1. The summed E-state index contributed by atoms with van der Waals surface area (Å²) in [6, 6.07) is 9.72. The van der Waals surface area contributed by atoms with Crippen molar-refractivity contribution in [1.29, 1.82) is 0 Å². The standard InChI is InChI=1S/C23H37N3O2/c1-18(2)25-10-7-22(8-11-25)26-13-12-24(17-23(26)9-14-27)16-20-5-4-6-21(15-20)19(3)28/h4-6,15,18,22-23,27H,7-14,16-17H2,1-3H3/t23-/m1/s1. The smallest absolute Gasteiger partial charge is 0.159 e. The van der Waals surface area contributed by atoms with Crippen molar-refractivity contribution in [2.45, 2.75) is 64.7 Å². The summed E-state index contributed by atoms with van der Waals surface area (Å²) in [5.41, 5.74) is 1.99. The molecule has 1 atom stereocenters. The van der Waals surface area contributed by atoms with Gasteiger partial charge in [0.15, 0.2) is 5.78 Å². The molecule has 2 aliphatic heterocycles. The number of hydrogen-bond acceptors (Lipinski definition) is 5. The summed E-state index contributed by atoms with van der Waals surface area (Å²) in [7, 11) is 0. The van der Waals surface area contributed by atoms with Crippen molar-refractivity contribution in [3.8, 4) is 0 Å². The second kappa shape index (κ2) is 9.97. The summed E-state index contributed by atoms with van der Waals surface area (Å²) in [5, 5.41) is 9.63. The Kier molecular flexibility index (Phi) is 7.63. The molecule has 0 saturated carbocycles. The Morgan fingerprint density at radius 3 is 2.57 bits per heavy atom. The van der Waals surface area contributed by atoms with Crippen LogP contribution in [0.1, 0.15) is 56.0 Å². The zero-order valence-corrected chi connectivity index (χ0v) is 17.8. The first-order valence-corrected chi connectivity index (χ1v) is 10.9. The molecular formula is C23H37N3O2. The van der Waals surface area contributed by atoms with E-state index in [0.717, 1.165) is 38.2 Å². The van der Waals surface area contributed by atoms with E-state index in [4.69, 9.17) is 0 Å². The molecule has 156 valence electrons. The quantitative estimate of drug-likeness (QED) is 0.729. The van der Waals surface area contributed by atoms with Gasteiger partial charge >= 0.3 is 0 Å². The number of nitrogens with zero attached hydrogens (tertiary/aromatic N) is 3. The van der Waals surface area contributed by atoms with E-state index in [0.29, 0.717) is 18.1 Å². The van der Waals surface area contributed by atoms with Crippen LogP contribution in [0.3, 0.4) is 0 Å². The Bertz CT molecular complexity index is 640. The molecule has 1 N–H and O–H groups in total. The summed E-state index contributed by atoms with van der Waals surface area (Å²) < 4.78 is 0. The van der Waals surface area contributed by atoms with Gasteiger partial charge in [-0.25, -0.2) is 0 Å². The molecule has 5 nitrogen and oxygen atoms in total. The van der Waals surface area contributed by atoms with Gasteiger partial charge in [0.25, 0.3) is 0 Å². The zero-order valence-electron chi connectivity index (χ0n) is 17.8. The van der Waals surface area contributed by atoms with Crippen molar-refractivity contribution in [1.82, 2.24) is 14.7 Å². The Morgan fingerprint density at radius 1 is 1.18 bits per heavy atom. The number of carbonyl (C=O) groups excluding carboxylic acids is 1. The number of aliphatic hydroxyl groups is 1. The lowest BCUT2D eigenvalue weighted by molar-refractivity contribution is -0.0000360. The van der Waals surface area contributed by atoms with Gasteiger partial charge < -0.3 is 10.0 Å². The van der Waals surface area contributed by atoms with Crippen LogP contribution >= 0.6 is 0 Å². The number of likely N-dealkylation sites (tertiary alicyclic amines) is 1. The Morgan fingerprint density at radius 2 is 1.93 bits per heavy atom. The van der Waals surface area contributed by atoms with E-state index in [1.807, 2.05) is 18.2 Å². The Labute approximate surface area is 170 Å². The summed E-state index contributed by atoms with van der Waals surface area (Å²) in [5.74, 6) is 0.123. The monoisotopic (exact) mass is 387 g/mol. The number of benzene rings is 1. The Balaban J connectivity index is 1.59. The Hall–Kier alpha value is -1.27. The second-order valence-electron chi connectivity index (χ2n) is 8.76. The fourth-order valence-corrected chi connectivity index (χ4v) is 4.84. The van der Waals surface area contributed by atoms with Crippen LogP contribution in [0.25, 0.3) is 0 Å². The van der Waals surface area contributed by atoms with Crippen molar-refractivity contribution in [3.63, 3.8) is 0 Å². The maximum atomic E-state index is 11.7. The number of Topliss-reactive ketones (excluding diaryl/α,β-unsaturated/α-hetero) is 1. The van der Waals surface area contributed by atoms with Crippen LogP contribution in [0.15, 0.2) is 24.3 Å². The highest BCUT2D eigenvalue weighted by molar-refractivity contribution is 5.94. The maximum Gasteiger partial charge on any atom is 0.159 e. The lowest BCUT2D eigenvalue weighted by Crippen LogP contribution is -2.58. The molecule has 0 radical (unpaired) electrons. The predicted octanol–water partition coefficient (Wildman–Crippen LogP) is 2.63. The third-order valence-corrected chi connectivity index (χ3v) is 6.51. The predicted molar refractivity (Wildman–Crippen MR) is 114 cm³/mol. The molecule has 2 saturated heterocycles. The van der Waals surface area contributed by atoms with Crippen molar-refractivity contribution < 1.29 is 9.90 Å². The second-order valence-corrected chi connectivity index (χ2v) is 8.76. The average Bonchev–Trinajstić information content (AvgIpc) is 2.69. The van der Waals surface area contributed by atoms with Crippen LogP contribution in [0.2, 0.25) is 0 Å².